The van der Waals surface area contributed by atoms with Crippen molar-refractivity contribution in [3.63, 3.8) is 0 Å². The third kappa shape index (κ3) is 3.95. The van der Waals surface area contributed by atoms with Gasteiger partial charge in [-0.1, -0.05) is 18.2 Å². The Kier molecular flexibility index (Phi) is 5.46. The van der Waals surface area contributed by atoms with E-state index in [1.807, 2.05) is 6.07 Å². The molecule has 0 saturated heterocycles. The van der Waals surface area contributed by atoms with E-state index in [4.69, 9.17) is 14.7 Å². The molecule has 0 saturated carbocycles. The lowest BCUT2D eigenvalue weighted by molar-refractivity contribution is -0.142. The summed E-state index contributed by atoms with van der Waals surface area (Å²) in [4.78, 5) is 11.1. The fourth-order valence-electron chi connectivity index (χ4n) is 1.41. The highest BCUT2D eigenvalue weighted by Crippen LogP contribution is 2.20. The van der Waals surface area contributed by atoms with Gasteiger partial charge in [0.05, 0.1) is 25.7 Å². The lowest BCUT2D eigenvalue weighted by Gasteiger charge is -2.03. The predicted octanol–water partition coefficient (Wildman–Crippen LogP) is 2.53. The van der Waals surface area contributed by atoms with Crippen molar-refractivity contribution in [2.75, 3.05) is 13.7 Å². The highest BCUT2D eigenvalue weighted by molar-refractivity contribution is 5.72. The molecule has 0 heterocycles. The van der Waals surface area contributed by atoms with Crippen molar-refractivity contribution in [3.05, 3.63) is 35.4 Å². The molecule has 0 amide bonds. The molecule has 18 heavy (non-hydrogen) atoms. The van der Waals surface area contributed by atoms with Gasteiger partial charge in [0.2, 0.25) is 0 Å². The first-order chi connectivity index (χ1) is 8.71. The van der Waals surface area contributed by atoms with Crippen molar-refractivity contribution in [2.45, 2.75) is 13.3 Å². The highest BCUT2D eigenvalue weighted by atomic mass is 16.5. The van der Waals surface area contributed by atoms with Gasteiger partial charge in [-0.3, -0.25) is 4.79 Å². The van der Waals surface area contributed by atoms with Gasteiger partial charge >= 0.3 is 5.97 Å². The van der Waals surface area contributed by atoms with Crippen LogP contribution in [0.3, 0.4) is 0 Å². The van der Waals surface area contributed by atoms with Crippen LogP contribution in [0.4, 0.5) is 0 Å². The SMILES string of the molecule is CCOC(=O)CC=Cc1ccc(C#N)c(OC)c1. The number of ether oxygens (including phenoxy) is 2. The number of carbonyl (C=O) groups is 1. The molecule has 1 aromatic rings. The number of hydrogen-bond acceptors (Lipinski definition) is 4. The molecule has 0 fully saturated rings. The Morgan fingerprint density at radius 1 is 1.50 bits per heavy atom. The molecule has 0 aromatic heterocycles. The summed E-state index contributed by atoms with van der Waals surface area (Å²) in [6, 6.07) is 7.27. The smallest absolute Gasteiger partial charge is 0.309 e. The first kappa shape index (κ1) is 13.8. The van der Waals surface area contributed by atoms with Crippen LogP contribution in [-0.4, -0.2) is 19.7 Å². The maximum atomic E-state index is 11.1. The minimum absolute atomic E-state index is 0.232. The summed E-state index contributed by atoms with van der Waals surface area (Å²) in [5.74, 6) is 0.269. The average molecular weight is 245 g/mol. The fourth-order valence-corrected chi connectivity index (χ4v) is 1.41. The largest absolute Gasteiger partial charge is 0.495 e. The Bertz CT molecular complexity index is 486. The van der Waals surface area contributed by atoms with Crippen molar-refractivity contribution in [1.82, 2.24) is 0 Å². The molecule has 0 aliphatic rings. The van der Waals surface area contributed by atoms with E-state index in [1.54, 1.807) is 37.3 Å². The van der Waals surface area contributed by atoms with Gasteiger partial charge < -0.3 is 9.47 Å². The van der Waals surface area contributed by atoms with Crippen molar-refractivity contribution in [1.29, 1.82) is 5.26 Å². The average Bonchev–Trinajstić information content (AvgIpc) is 2.38. The number of nitrogens with zero attached hydrogens (tertiary/aromatic N) is 1. The number of benzene rings is 1. The third-order valence-electron chi connectivity index (χ3n) is 2.25. The molecule has 0 bridgehead atoms. The zero-order chi connectivity index (χ0) is 13.4. The third-order valence-corrected chi connectivity index (χ3v) is 2.25. The molecule has 4 nitrogen and oxygen atoms in total. The van der Waals surface area contributed by atoms with Gasteiger partial charge in [0.25, 0.3) is 0 Å². The summed E-state index contributed by atoms with van der Waals surface area (Å²) in [6.45, 7) is 2.16. The van der Waals surface area contributed by atoms with Gasteiger partial charge in [-0.2, -0.15) is 5.26 Å². The molecular weight excluding hydrogens is 230 g/mol. The van der Waals surface area contributed by atoms with Gasteiger partial charge in [-0.05, 0) is 24.6 Å². The van der Waals surface area contributed by atoms with E-state index in [2.05, 4.69) is 0 Å². The summed E-state index contributed by atoms with van der Waals surface area (Å²) < 4.78 is 9.90. The number of carbonyl (C=O) groups excluding carboxylic acids is 1. The van der Waals surface area contributed by atoms with E-state index < -0.39 is 0 Å². The molecule has 0 radical (unpaired) electrons. The van der Waals surface area contributed by atoms with Crippen LogP contribution in [0, 0.1) is 11.3 Å². The summed E-state index contributed by atoms with van der Waals surface area (Å²) in [5, 5.41) is 8.84. The Morgan fingerprint density at radius 2 is 2.28 bits per heavy atom. The van der Waals surface area contributed by atoms with E-state index >= 15 is 0 Å². The molecular formula is C14H15NO3. The van der Waals surface area contributed by atoms with Crippen molar-refractivity contribution in [2.24, 2.45) is 0 Å². The second-order valence-electron chi connectivity index (χ2n) is 3.48. The second kappa shape index (κ2) is 7.13. The normalized spacial score (nSPS) is 10.1. The number of nitriles is 1. The van der Waals surface area contributed by atoms with Crippen LogP contribution in [0.25, 0.3) is 6.08 Å². The Labute approximate surface area is 106 Å². The second-order valence-corrected chi connectivity index (χ2v) is 3.48. The van der Waals surface area contributed by atoms with E-state index in [1.165, 1.54) is 7.11 Å². The van der Waals surface area contributed by atoms with Crippen molar-refractivity contribution in [3.8, 4) is 11.8 Å². The zero-order valence-corrected chi connectivity index (χ0v) is 10.5. The molecule has 0 aliphatic carbocycles. The van der Waals surface area contributed by atoms with Crippen molar-refractivity contribution >= 4 is 12.0 Å². The van der Waals surface area contributed by atoms with Gasteiger partial charge in [-0.15, -0.1) is 0 Å². The van der Waals surface area contributed by atoms with Gasteiger partial charge in [-0.25, -0.2) is 0 Å². The lowest BCUT2D eigenvalue weighted by Crippen LogP contribution is -2.01. The monoisotopic (exact) mass is 245 g/mol. The number of methoxy groups -OCH3 is 1. The molecule has 0 unspecified atom stereocenters. The van der Waals surface area contributed by atoms with Crippen LogP contribution >= 0.6 is 0 Å². The fraction of sp³-hybridized carbons (Fsp3) is 0.286. The summed E-state index contributed by atoms with van der Waals surface area (Å²) in [6.07, 6.45) is 3.75. The molecule has 94 valence electrons. The molecule has 0 atom stereocenters. The maximum absolute atomic E-state index is 11.1. The lowest BCUT2D eigenvalue weighted by atomic mass is 10.1. The maximum Gasteiger partial charge on any atom is 0.309 e. The first-order valence-electron chi connectivity index (χ1n) is 5.61. The van der Waals surface area contributed by atoms with E-state index in [0.29, 0.717) is 17.9 Å². The Hall–Kier alpha value is -2.28. The molecule has 1 rings (SSSR count). The number of hydrogen-bond donors (Lipinski definition) is 0. The van der Waals surface area contributed by atoms with Crippen LogP contribution in [-0.2, 0) is 9.53 Å². The Morgan fingerprint density at radius 3 is 2.89 bits per heavy atom. The topological polar surface area (TPSA) is 59.3 Å². The van der Waals surface area contributed by atoms with Crippen LogP contribution in [0.1, 0.15) is 24.5 Å². The van der Waals surface area contributed by atoms with E-state index in [9.17, 15) is 4.79 Å². The van der Waals surface area contributed by atoms with Gasteiger partial charge in [0, 0.05) is 0 Å². The summed E-state index contributed by atoms with van der Waals surface area (Å²) in [7, 11) is 1.52. The number of rotatable bonds is 5. The zero-order valence-electron chi connectivity index (χ0n) is 10.5. The van der Waals surface area contributed by atoms with Gasteiger partial charge in [0.15, 0.2) is 0 Å². The first-order valence-corrected chi connectivity index (χ1v) is 5.61. The quantitative estimate of drug-likeness (QED) is 0.748. The van der Waals surface area contributed by atoms with E-state index in [0.717, 1.165) is 5.56 Å². The van der Waals surface area contributed by atoms with E-state index in [-0.39, 0.29) is 12.4 Å². The van der Waals surface area contributed by atoms with Crippen LogP contribution in [0.2, 0.25) is 0 Å². The summed E-state index contributed by atoms with van der Waals surface area (Å²) >= 11 is 0. The molecule has 0 spiro atoms. The van der Waals surface area contributed by atoms with Gasteiger partial charge in [0.1, 0.15) is 11.8 Å². The minimum Gasteiger partial charge on any atom is -0.495 e. The van der Waals surface area contributed by atoms with Crippen molar-refractivity contribution < 1.29 is 14.3 Å². The molecule has 4 heteroatoms. The Balaban J connectivity index is 2.71. The summed E-state index contributed by atoms with van der Waals surface area (Å²) in [5.41, 5.74) is 1.36. The molecule has 0 N–H and O–H groups in total. The van der Waals surface area contributed by atoms with Crippen LogP contribution < -0.4 is 4.74 Å². The highest BCUT2D eigenvalue weighted by Gasteiger charge is 2.02. The van der Waals surface area contributed by atoms with Crippen LogP contribution in [0.15, 0.2) is 24.3 Å². The molecule has 1 aromatic carbocycles. The number of esters is 1. The van der Waals surface area contributed by atoms with Crippen LogP contribution in [0.5, 0.6) is 5.75 Å². The predicted molar refractivity (Wildman–Crippen MR) is 68.0 cm³/mol. The minimum atomic E-state index is -0.255. The molecule has 0 aliphatic heterocycles. The standard InChI is InChI=1S/C14H15NO3/c1-3-18-14(16)6-4-5-11-7-8-12(10-15)13(9-11)17-2/h4-5,7-9H,3,6H2,1-2H3.